The van der Waals surface area contributed by atoms with Crippen molar-refractivity contribution in [3.8, 4) is 22.1 Å². The third-order valence-corrected chi connectivity index (χ3v) is 9.27. The summed E-state index contributed by atoms with van der Waals surface area (Å²) in [5, 5.41) is 11.9. The molecule has 208 valence electrons. The summed E-state index contributed by atoms with van der Waals surface area (Å²) in [5.74, 6) is 0.509. The molecule has 1 amide bonds. The lowest BCUT2D eigenvalue weighted by atomic mass is 9.86. The molecule has 0 spiro atoms. The zero-order chi connectivity index (χ0) is 28.7. The van der Waals surface area contributed by atoms with Crippen molar-refractivity contribution < 1.29 is 22.7 Å². The average molecular weight is 579 g/mol. The monoisotopic (exact) mass is 578 g/mol. The second kappa shape index (κ2) is 10.5. The van der Waals surface area contributed by atoms with Crippen LogP contribution < -0.4 is 19.1 Å². The number of nitrogens with one attached hydrogen (secondary N) is 1. The van der Waals surface area contributed by atoms with Gasteiger partial charge in [0, 0.05) is 5.56 Å². The van der Waals surface area contributed by atoms with Gasteiger partial charge in [-0.1, -0.05) is 55.9 Å². The molecule has 0 saturated heterocycles. The molecule has 4 aromatic rings. The van der Waals surface area contributed by atoms with E-state index in [9.17, 15) is 13.2 Å². The number of carbonyl (C=O) groups is 1. The minimum absolute atomic E-state index is 0.138. The molecule has 1 aliphatic rings. The number of ether oxygens (including phenoxy) is 2. The van der Waals surface area contributed by atoms with Crippen LogP contribution in [0.25, 0.3) is 10.6 Å². The van der Waals surface area contributed by atoms with Crippen LogP contribution in [0.15, 0.2) is 71.6 Å². The summed E-state index contributed by atoms with van der Waals surface area (Å²) in [4.78, 5) is 13.5. The number of anilines is 2. The van der Waals surface area contributed by atoms with Gasteiger partial charge in [-0.2, -0.15) is 0 Å². The van der Waals surface area contributed by atoms with Gasteiger partial charge >= 0.3 is 0 Å². The first-order chi connectivity index (χ1) is 19.0. The molecule has 5 rings (SSSR count). The summed E-state index contributed by atoms with van der Waals surface area (Å²) in [6.07, 6.45) is -1.11. The molecule has 0 aliphatic carbocycles. The maximum absolute atomic E-state index is 13.9. The van der Waals surface area contributed by atoms with Gasteiger partial charge in [0.1, 0.15) is 16.5 Å². The summed E-state index contributed by atoms with van der Waals surface area (Å²) in [5.41, 5.74) is 2.89. The minimum Gasteiger partial charge on any atom is -0.497 e. The molecule has 1 atom stereocenters. The van der Waals surface area contributed by atoms with Crippen molar-refractivity contribution in [2.45, 2.75) is 44.1 Å². The smallest absolute Gasteiger partial charge is 0.269 e. The summed E-state index contributed by atoms with van der Waals surface area (Å²) < 4.78 is 40.2. The third-order valence-electron chi connectivity index (χ3n) is 6.59. The van der Waals surface area contributed by atoms with Crippen LogP contribution in [0, 0.1) is 6.92 Å². The highest BCUT2D eigenvalue weighted by Gasteiger charge is 2.38. The first kappa shape index (κ1) is 27.6. The van der Waals surface area contributed by atoms with Crippen molar-refractivity contribution >= 4 is 38.1 Å². The van der Waals surface area contributed by atoms with Gasteiger partial charge in [0.2, 0.25) is 5.13 Å². The van der Waals surface area contributed by atoms with Crippen molar-refractivity contribution in [3.63, 3.8) is 0 Å². The lowest BCUT2D eigenvalue weighted by Gasteiger charge is -2.35. The van der Waals surface area contributed by atoms with E-state index in [1.807, 2.05) is 43.3 Å². The molecule has 0 fully saturated rings. The molecule has 0 bridgehead atoms. The van der Waals surface area contributed by atoms with Crippen molar-refractivity contribution in [2.75, 3.05) is 23.3 Å². The van der Waals surface area contributed by atoms with E-state index < -0.39 is 22.0 Å². The number of carbonyl (C=O) groups excluding carboxylic acids is 1. The van der Waals surface area contributed by atoms with E-state index in [1.54, 1.807) is 37.4 Å². The van der Waals surface area contributed by atoms with E-state index in [0.29, 0.717) is 16.4 Å². The molecular weight excluding hydrogens is 548 g/mol. The number of hydrogen-bond donors (Lipinski definition) is 1. The lowest BCUT2D eigenvalue weighted by molar-refractivity contribution is -0.122. The quantitative estimate of drug-likeness (QED) is 0.326. The summed E-state index contributed by atoms with van der Waals surface area (Å²) >= 11 is 1.20. The molecule has 1 aliphatic heterocycles. The molecule has 11 heteroatoms. The number of nitrogens with zero attached hydrogens (tertiary/aromatic N) is 3. The Bertz CT molecular complexity index is 1640. The molecule has 2 heterocycles. The maximum atomic E-state index is 13.9. The number of hydrogen-bond acceptors (Lipinski definition) is 8. The van der Waals surface area contributed by atoms with Crippen molar-refractivity contribution in [1.29, 1.82) is 0 Å². The Morgan fingerprint density at radius 1 is 1.05 bits per heavy atom. The molecule has 0 radical (unpaired) electrons. The average Bonchev–Trinajstić information content (AvgIpc) is 3.40. The third kappa shape index (κ3) is 5.52. The number of fused-ring (bicyclic) bond motifs is 1. The number of methoxy groups -OCH3 is 1. The topological polar surface area (TPSA) is 111 Å². The Hall–Kier alpha value is -3.96. The molecule has 3 aromatic carbocycles. The number of aromatic nitrogens is 2. The Morgan fingerprint density at radius 3 is 2.40 bits per heavy atom. The predicted molar refractivity (Wildman–Crippen MR) is 156 cm³/mol. The number of sulfonamides is 1. The number of rotatable bonds is 6. The minimum atomic E-state index is -3.99. The zero-order valence-electron chi connectivity index (χ0n) is 22.8. The SMILES string of the molecule is COc1ccc(-c2nnc(NC(=O)[C@H]3CN(S(=O)(=O)c4ccc(C)cc4)c4cc(C(C)(C)C)ccc4O3)s2)cc1. The van der Waals surface area contributed by atoms with Gasteiger partial charge in [-0.3, -0.25) is 14.4 Å². The molecule has 40 heavy (non-hydrogen) atoms. The van der Waals surface area contributed by atoms with Crippen molar-refractivity contribution in [1.82, 2.24) is 10.2 Å². The number of amides is 1. The van der Waals surface area contributed by atoms with Crippen LogP contribution in [0.1, 0.15) is 31.9 Å². The van der Waals surface area contributed by atoms with Gasteiger partial charge in [0.15, 0.2) is 6.10 Å². The maximum Gasteiger partial charge on any atom is 0.269 e. The number of aryl methyl sites for hydroxylation is 1. The Kier molecular flexibility index (Phi) is 7.28. The Balaban J connectivity index is 1.44. The van der Waals surface area contributed by atoms with Crippen LogP contribution in [0.5, 0.6) is 11.5 Å². The second-order valence-corrected chi connectivity index (χ2v) is 13.4. The van der Waals surface area contributed by atoms with E-state index in [1.165, 1.54) is 15.6 Å². The van der Waals surface area contributed by atoms with E-state index in [-0.39, 0.29) is 22.0 Å². The van der Waals surface area contributed by atoms with Gasteiger partial charge < -0.3 is 9.47 Å². The summed E-state index contributed by atoms with van der Waals surface area (Å²) in [6, 6.07) is 19.4. The van der Waals surface area contributed by atoms with Crippen LogP contribution in [-0.2, 0) is 20.2 Å². The Labute approximate surface area is 237 Å². The molecule has 1 aromatic heterocycles. The van der Waals surface area contributed by atoms with Crippen molar-refractivity contribution in [2.24, 2.45) is 0 Å². The predicted octanol–water partition coefficient (Wildman–Crippen LogP) is 5.41. The van der Waals surface area contributed by atoms with Crippen LogP contribution in [0.4, 0.5) is 10.8 Å². The van der Waals surface area contributed by atoms with Crippen LogP contribution in [0.2, 0.25) is 0 Å². The van der Waals surface area contributed by atoms with E-state index in [0.717, 1.165) is 22.4 Å². The van der Waals surface area contributed by atoms with Gasteiger partial charge in [0.25, 0.3) is 15.9 Å². The Morgan fingerprint density at radius 2 is 1.75 bits per heavy atom. The molecule has 1 N–H and O–H groups in total. The fourth-order valence-corrected chi connectivity index (χ4v) is 6.45. The van der Waals surface area contributed by atoms with E-state index in [4.69, 9.17) is 9.47 Å². The van der Waals surface area contributed by atoms with E-state index >= 15 is 0 Å². The zero-order valence-corrected chi connectivity index (χ0v) is 24.5. The van der Waals surface area contributed by atoms with Crippen molar-refractivity contribution in [3.05, 3.63) is 77.9 Å². The largest absolute Gasteiger partial charge is 0.497 e. The highest BCUT2D eigenvalue weighted by atomic mass is 32.2. The standard InChI is InChI=1S/C29H30N4O5S2/c1-18-6-13-22(14-7-18)40(35,36)33-17-25(38-24-15-10-20(16-23(24)33)29(2,3)4)26(34)30-28-32-31-27(39-28)19-8-11-21(37-5)12-9-19/h6-16,25H,17H2,1-5H3,(H,30,32,34)/t25-/m1/s1. The number of benzene rings is 3. The van der Waals surface area contributed by atoms with Crippen LogP contribution in [-0.4, -0.2) is 44.3 Å². The molecule has 0 saturated carbocycles. The first-order valence-electron chi connectivity index (χ1n) is 12.6. The summed E-state index contributed by atoms with van der Waals surface area (Å²) in [7, 11) is -2.40. The lowest BCUT2D eigenvalue weighted by Crippen LogP contribution is -2.49. The van der Waals surface area contributed by atoms with Gasteiger partial charge in [-0.05, 0) is 66.4 Å². The van der Waals surface area contributed by atoms with Crippen LogP contribution >= 0.6 is 11.3 Å². The van der Waals surface area contributed by atoms with Gasteiger partial charge in [-0.25, -0.2) is 8.42 Å². The second-order valence-electron chi connectivity index (χ2n) is 10.5. The molecule has 0 unspecified atom stereocenters. The van der Waals surface area contributed by atoms with Gasteiger partial charge in [-0.15, -0.1) is 10.2 Å². The first-order valence-corrected chi connectivity index (χ1v) is 14.9. The highest BCUT2D eigenvalue weighted by Crippen LogP contribution is 2.40. The normalized spacial score (nSPS) is 15.2. The van der Waals surface area contributed by atoms with Gasteiger partial charge in [0.05, 0.1) is 24.2 Å². The molecule has 9 nitrogen and oxygen atoms in total. The summed E-state index contributed by atoms with van der Waals surface area (Å²) in [6.45, 7) is 7.85. The van der Waals surface area contributed by atoms with E-state index in [2.05, 4.69) is 36.3 Å². The fourth-order valence-electron chi connectivity index (χ4n) is 4.23. The molecular formula is C29H30N4O5S2. The highest BCUT2D eigenvalue weighted by molar-refractivity contribution is 7.92. The van der Waals surface area contributed by atoms with Crippen LogP contribution in [0.3, 0.4) is 0 Å². The fraction of sp³-hybridized carbons (Fsp3) is 0.276.